The maximum absolute atomic E-state index is 13.1. The smallest absolute Gasteiger partial charge is 0.313 e. The molecule has 0 saturated carbocycles. The highest BCUT2D eigenvalue weighted by atomic mass is 19.1. The van der Waals surface area contributed by atoms with Gasteiger partial charge in [0, 0.05) is 11.8 Å². The van der Waals surface area contributed by atoms with Crippen LogP contribution in [-0.4, -0.2) is 18.9 Å². The van der Waals surface area contributed by atoms with Crippen LogP contribution in [-0.2, 0) is 9.59 Å². The summed E-state index contributed by atoms with van der Waals surface area (Å²) in [6, 6.07) is 9.21. The molecule has 25 heavy (non-hydrogen) atoms. The molecule has 132 valence electrons. The Bertz CT molecular complexity index is 743. The third kappa shape index (κ3) is 5.00. The number of benzene rings is 2. The largest absolute Gasteiger partial charge is 0.497 e. The minimum atomic E-state index is -1.00. The highest BCUT2D eigenvalue weighted by Gasteiger charge is 2.19. The highest BCUT2D eigenvalue weighted by molar-refractivity contribution is 6.39. The summed E-state index contributed by atoms with van der Waals surface area (Å²) in [5.74, 6) is -2.92. The second-order valence-corrected chi connectivity index (χ2v) is 5.32. The van der Waals surface area contributed by atoms with Gasteiger partial charge in [0.1, 0.15) is 17.4 Å². The fourth-order valence-electron chi connectivity index (χ4n) is 2.29. The van der Waals surface area contributed by atoms with Gasteiger partial charge in [-0.15, -0.1) is 0 Å². The van der Waals surface area contributed by atoms with E-state index < -0.39 is 23.4 Å². The summed E-state index contributed by atoms with van der Waals surface area (Å²) in [6.07, 6.45) is 0.555. The molecule has 7 heteroatoms. The first kappa shape index (κ1) is 18.4. The van der Waals surface area contributed by atoms with Gasteiger partial charge in [0.15, 0.2) is 0 Å². The molecule has 0 aliphatic heterocycles. The van der Waals surface area contributed by atoms with Gasteiger partial charge in [-0.2, -0.15) is 0 Å². The van der Waals surface area contributed by atoms with E-state index in [1.54, 1.807) is 31.4 Å². The van der Waals surface area contributed by atoms with Crippen LogP contribution in [0.1, 0.15) is 24.9 Å². The zero-order chi connectivity index (χ0) is 18.4. The van der Waals surface area contributed by atoms with Crippen LogP contribution in [0, 0.1) is 11.6 Å². The molecule has 2 rings (SSSR count). The monoisotopic (exact) mass is 348 g/mol. The first-order valence-corrected chi connectivity index (χ1v) is 7.64. The molecule has 0 unspecified atom stereocenters. The molecule has 0 aliphatic rings. The van der Waals surface area contributed by atoms with Crippen LogP contribution in [0.3, 0.4) is 0 Å². The van der Waals surface area contributed by atoms with Crippen LogP contribution in [0.4, 0.5) is 14.5 Å². The van der Waals surface area contributed by atoms with E-state index >= 15 is 0 Å². The Labute approximate surface area is 144 Å². The average molecular weight is 348 g/mol. The lowest BCUT2D eigenvalue weighted by Gasteiger charge is -2.17. The fraction of sp³-hybridized carbons (Fsp3) is 0.222. The maximum Gasteiger partial charge on any atom is 0.313 e. The van der Waals surface area contributed by atoms with Crippen LogP contribution in [0.5, 0.6) is 5.75 Å². The molecule has 1 atom stereocenters. The van der Waals surface area contributed by atoms with E-state index in [2.05, 4.69) is 10.6 Å². The number of anilines is 1. The molecule has 0 saturated heterocycles. The Morgan fingerprint density at radius 3 is 2.16 bits per heavy atom. The minimum Gasteiger partial charge on any atom is -0.497 e. The minimum absolute atomic E-state index is 0.129. The number of halogens is 2. The number of nitrogens with one attached hydrogen (secondary N) is 2. The Balaban J connectivity index is 2.03. The van der Waals surface area contributed by atoms with Gasteiger partial charge in [0.05, 0.1) is 13.2 Å². The van der Waals surface area contributed by atoms with Crippen molar-refractivity contribution < 1.29 is 23.1 Å². The molecule has 5 nitrogen and oxygen atoms in total. The van der Waals surface area contributed by atoms with E-state index in [9.17, 15) is 18.4 Å². The maximum atomic E-state index is 13.1. The third-order valence-corrected chi connectivity index (χ3v) is 3.56. The molecule has 2 amide bonds. The van der Waals surface area contributed by atoms with E-state index in [0.717, 1.165) is 17.7 Å². The lowest BCUT2D eigenvalue weighted by Crippen LogP contribution is -2.37. The fourth-order valence-corrected chi connectivity index (χ4v) is 2.29. The molecule has 0 spiro atoms. The van der Waals surface area contributed by atoms with E-state index in [4.69, 9.17) is 4.74 Å². The van der Waals surface area contributed by atoms with E-state index in [1.807, 2.05) is 6.92 Å². The molecule has 2 N–H and O–H groups in total. The summed E-state index contributed by atoms with van der Waals surface area (Å²) in [7, 11) is 1.55. The topological polar surface area (TPSA) is 67.4 Å². The van der Waals surface area contributed by atoms with Crippen LogP contribution in [0.15, 0.2) is 42.5 Å². The number of rotatable bonds is 5. The van der Waals surface area contributed by atoms with Crippen LogP contribution < -0.4 is 15.4 Å². The van der Waals surface area contributed by atoms with Gasteiger partial charge in [-0.1, -0.05) is 19.1 Å². The quantitative estimate of drug-likeness (QED) is 0.816. The number of methoxy groups -OCH3 is 1. The van der Waals surface area contributed by atoms with Gasteiger partial charge in [-0.25, -0.2) is 8.78 Å². The van der Waals surface area contributed by atoms with Gasteiger partial charge in [0.2, 0.25) is 0 Å². The predicted molar refractivity (Wildman–Crippen MR) is 89.2 cm³/mol. The summed E-state index contributed by atoms with van der Waals surface area (Å²) < 4.78 is 31.3. The zero-order valence-electron chi connectivity index (χ0n) is 13.8. The van der Waals surface area contributed by atoms with E-state index in [-0.39, 0.29) is 11.7 Å². The van der Waals surface area contributed by atoms with E-state index in [1.165, 1.54) is 0 Å². The number of hydrogen-bond donors (Lipinski definition) is 2. The SMILES string of the molecule is CC[C@H](NC(=O)C(=O)Nc1cc(F)cc(F)c1)c1ccc(OC)cc1. The number of amides is 2. The molecule has 0 bridgehead atoms. The lowest BCUT2D eigenvalue weighted by molar-refractivity contribution is -0.136. The van der Waals surface area contributed by atoms with Gasteiger partial charge in [0.25, 0.3) is 0 Å². The number of carbonyl (C=O) groups is 2. The Kier molecular flexibility index (Phi) is 6.05. The molecule has 2 aromatic carbocycles. The van der Waals surface area contributed by atoms with Crippen molar-refractivity contribution in [2.75, 3.05) is 12.4 Å². The average Bonchev–Trinajstić information content (AvgIpc) is 2.58. The number of ether oxygens (including phenoxy) is 1. The van der Waals surface area contributed by atoms with E-state index in [0.29, 0.717) is 18.2 Å². The Morgan fingerprint density at radius 1 is 1.04 bits per heavy atom. The summed E-state index contributed by atoms with van der Waals surface area (Å²) >= 11 is 0. The van der Waals surface area contributed by atoms with Gasteiger partial charge < -0.3 is 15.4 Å². The van der Waals surface area contributed by atoms with Crippen LogP contribution >= 0.6 is 0 Å². The predicted octanol–water partition coefficient (Wildman–Crippen LogP) is 3.18. The van der Waals surface area contributed by atoms with Crippen molar-refractivity contribution in [1.82, 2.24) is 5.32 Å². The Hall–Kier alpha value is -2.96. The number of hydrogen-bond acceptors (Lipinski definition) is 3. The standard InChI is InChI=1S/C18H18F2N2O3/c1-3-16(11-4-6-15(25-2)7-5-11)22-18(24)17(23)21-14-9-12(19)8-13(20)10-14/h4-10,16H,3H2,1-2H3,(H,21,23)(H,22,24)/t16-/m0/s1. The second kappa shape index (κ2) is 8.23. The molecule has 2 aromatic rings. The zero-order valence-corrected chi connectivity index (χ0v) is 13.8. The molecule has 0 aromatic heterocycles. The third-order valence-electron chi connectivity index (χ3n) is 3.56. The van der Waals surface area contributed by atoms with Crippen molar-refractivity contribution in [3.8, 4) is 5.75 Å². The molecular weight excluding hydrogens is 330 g/mol. The van der Waals surface area contributed by atoms with Gasteiger partial charge >= 0.3 is 11.8 Å². The molecule has 0 heterocycles. The first-order valence-electron chi connectivity index (χ1n) is 7.64. The van der Waals surface area contributed by atoms with Crippen molar-refractivity contribution in [3.05, 3.63) is 59.7 Å². The van der Waals surface area contributed by atoms with Crippen molar-refractivity contribution in [3.63, 3.8) is 0 Å². The van der Waals surface area contributed by atoms with Crippen molar-refractivity contribution >= 4 is 17.5 Å². The Morgan fingerprint density at radius 2 is 1.64 bits per heavy atom. The number of carbonyl (C=O) groups excluding carboxylic acids is 2. The van der Waals surface area contributed by atoms with Crippen molar-refractivity contribution in [1.29, 1.82) is 0 Å². The molecule has 0 aliphatic carbocycles. The summed E-state index contributed by atoms with van der Waals surface area (Å²) in [4.78, 5) is 24.0. The van der Waals surface area contributed by atoms with Gasteiger partial charge in [-0.3, -0.25) is 9.59 Å². The second-order valence-electron chi connectivity index (χ2n) is 5.32. The highest BCUT2D eigenvalue weighted by Crippen LogP contribution is 2.20. The normalized spacial score (nSPS) is 11.5. The summed E-state index contributed by atoms with van der Waals surface area (Å²) in [5.41, 5.74) is 0.677. The summed E-state index contributed by atoms with van der Waals surface area (Å²) in [6.45, 7) is 1.86. The lowest BCUT2D eigenvalue weighted by atomic mass is 10.0. The molecule has 0 radical (unpaired) electrons. The molecule has 0 fully saturated rings. The van der Waals surface area contributed by atoms with Crippen molar-refractivity contribution in [2.45, 2.75) is 19.4 Å². The van der Waals surface area contributed by atoms with Crippen LogP contribution in [0.2, 0.25) is 0 Å². The van der Waals surface area contributed by atoms with Gasteiger partial charge in [-0.05, 0) is 36.2 Å². The molecular formula is C18H18F2N2O3. The van der Waals surface area contributed by atoms with Crippen LogP contribution in [0.25, 0.3) is 0 Å². The summed E-state index contributed by atoms with van der Waals surface area (Å²) in [5, 5.41) is 4.76. The van der Waals surface area contributed by atoms with Crippen molar-refractivity contribution in [2.24, 2.45) is 0 Å². The first-order chi connectivity index (χ1) is 11.9.